The average molecular weight is 368 g/mol. The Balaban J connectivity index is 2.21. The average Bonchev–Trinajstić information content (AvgIpc) is 2.65. The van der Waals surface area contributed by atoms with E-state index in [0.717, 1.165) is 5.56 Å². The maximum atomic E-state index is 13.2. The first-order valence-electron chi connectivity index (χ1n) is 8.74. The number of hydrogen-bond acceptors (Lipinski definition) is 3. The first-order chi connectivity index (χ1) is 12.9. The molecule has 0 amide bonds. The lowest BCUT2D eigenvalue weighted by atomic mass is 9.97. The zero-order valence-corrected chi connectivity index (χ0v) is 15.2. The van der Waals surface area contributed by atoms with Crippen LogP contribution in [0.5, 0.6) is 0 Å². The fourth-order valence-corrected chi connectivity index (χ4v) is 3.20. The van der Waals surface area contributed by atoms with Crippen LogP contribution < -0.4 is 11.2 Å². The van der Waals surface area contributed by atoms with Gasteiger partial charge in [-0.3, -0.25) is 9.36 Å². The van der Waals surface area contributed by atoms with E-state index < -0.39 is 11.2 Å². The fourth-order valence-electron chi connectivity index (χ4n) is 3.20. The second-order valence-corrected chi connectivity index (χ2v) is 6.79. The summed E-state index contributed by atoms with van der Waals surface area (Å²) in [5.41, 5.74) is 1.09. The molecule has 0 radical (unpaired) electrons. The van der Waals surface area contributed by atoms with Gasteiger partial charge in [0.1, 0.15) is 5.82 Å². The van der Waals surface area contributed by atoms with E-state index in [4.69, 9.17) is 0 Å². The predicted molar refractivity (Wildman–Crippen MR) is 101 cm³/mol. The highest BCUT2D eigenvalue weighted by atomic mass is 19.1. The summed E-state index contributed by atoms with van der Waals surface area (Å²) < 4.78 is 14.8. The van der Waals surface area contributed by atoms with Gasteiger partial charge in [0.05, 0.1) is 6.54 Å². The summed E-state index contributed by atoms with van der Waals surface area (Å²) >= 11 is 0. The summed E-state index contributed by atoms with van der Waals surface area (Å²) in [6.45, 7) is 3.82. The Morgan fingerprint density at radius 3 is 2.19 bits per heavy atom. The zero-order chi connectivity index (χ0) is 19.6. The van der Waals surface area contributed by atoms with E-state index >= 15 is 0 Å². The van der Waals surface area contributed by atoms with Gasteiger partial charge in [-0.15, -0.1) is 0 Å². The van der Waals surface area contributed by atoms with Crippen molar-refractivity contribution in [1.29, 1.82) is 0 Å². The smallest absolute Gasteiger partial charge is 0.364 e. The molecule has 0 aliphatic carbocycles. The largest absolute Gasteiger partial charge is 0.421 e. The Morgan fingerprint density at radius 1 is 0.963 bits per heavy atom. The SMILES string of the molecule is CC(C)c1c(Cc2ccccc2)n(Cc2ccc(F)cc2)c(=O)n(O)c1=O. The van der Waals surface area contributed by atoms with Crippen LogP contribution in [0, 0.1) is 5.82 Å². The van der Waals surface area contributed by atoms with Crippen molar-refractivity contribution in [1.82, 2.24) is 9.30 Å². The summed E-state index contributed by atoms with van der Waals surface area (Å²) in [6, 6.07) is 15.3. The normalized spacial score (nSPS) is 11.1. The molecule has 5 nitrogen and oxygen atoms in total. The van der Waals surface area contributed by atoms with Gasteiger partial charge in [-0.05, 0) is 29.2 Å². The van der Waals surface area contributed by atoms with Crippen molar-refractivity contribution in [2.24, 2.45) is 0 Å². The van der Waals surface area contributed by atoms with Crippen LogP contribution in [0.3, 0.4) is 0 Å². The van der Waals surface area contributed by atoms with Gasteiger partial charge in [-0.2, -0.15) is 0 Å². The summed E-state index contributed by atoms with van der Waals surface area (Å²) in [7, 11) is 0. The Bertz CT molecular complexity index is 1050. The van der Waals surface area contributed by atoms with Gasteiger partial charge in [0.15, 0.2) is 0 Å². The van der Waals surface area contributed by atoms with Crippen LogP contribution in [0.1, 0.15) is 42.1 Å². The van der Waals surface area contributed by atoms with Gasteiger partial charge in [-0.25, -0.2) is 9.18 Å². The molecule has 0 unspecified atom stereocenters. The summed E-state index contributed by atoms with van der Waals surface area (Å²) in [4.78, 5) is 25.2. The molecule has 2 aromatic carbocycles. The standard InChI is InChI=1S/C21H21FN2O3/c1-14(2)19-18(12-15-6-4-3-5-7-15)23(21(26)24(27)20(19)25)13-16-8-10-17(22)11-9-16/h3-11,14,27H,12-13H2,1-2H3. The molecule has 0 fully saturated rings. The van der Waals surface area contributed by atoms with Crippen LogP contribution >= 0.6 is 0 Å². The lowest BCUT2D eigenvalue weighted by Gasteiger charge is -2.19. The van der Waals surface area contributed by atoms with Crippen LogP contribution in [0.15, 0.2) is 64.2 Å². The van der Waals surface area contributed by atoms with E-state index in [1.807, 2.05) is 44.2 Å². The zero-order valence-electron chi connectivity index (χ0n) is 15.2. The fraction of sp³-hybridized carbons (Fsp3) is 0.238. The minimum absolute atomic E-state index is 0.127. The number of aromatic nitrogens is 2. The molecule has 6 heteroatoms. The number of rotatable bonds is 5. The van der Waals surface area contributed by atoms with Crippen LogP contribution in [0.2, 0.25) is 0 Å². The van der Waals surface area contributed by atoms with Gasteiger partial charge >= 0.3 is 5.69 Å². The van der Waals surface area contributed by atoms with Crippen molar-refractivity contribution < 1.29 is 9.60 Å². The van der Waals surface area contributed by atoms with Gasteiger partial charge < -0.3 is 5.21 Å². The Kier molecular flexibility index (Phi) is 5.26. The highest BCUT2D eigenvalue weighted by Crippen LogP contribution is 2.19. The highest BCUT2D eigenvalue weighted by molar-refractivity contribution is 5.30. The minimum Gasteiger partial charge on any atom is -0.421 e. The molecule has 0 saturated carbocycles. The summed E-state index contributed by atoms with van der Waals surface area (Å²) in [5, 5.41) is 10.0. The molecule has 3 rings (SSSR count). The molecule has 140 valence electrons. The van der Waals surface area contributed by atoms with Crippen LogP contribution in [0.4, 0.5) is 4.39 Å². The molecule has 0 saturated heterocycles. The topological polar surface area (TPSA) is 64.2 Å². The molecule has 27 heavy (non-hydrogen) atoms. The third-order valence-electron chi connectivity index (χ3n) is 4.52. The van der Waals surface area contributed by atoms with Crippen LogP contribution in [-0.2, 0) is 13.0 Å². The molecule has 3 aromatic rings. The predicted octanol–water partition coefficient (Wildman–Crippen LogP) is 3.15. The second-order valence-electron chi connectivity index (χ2n) is 6.79. The van der Waals surface area contributed by atoms with Crippen molar-refractivity contribution in [2.45, 2.75) is 32.7 Å². The van der Waals surface area contributed by atoms with Gasteiger partial charge in [0, 0.05) is 17.7 Å². The quantitative estimate of drug-likeness (QED) is 0.704. The van der Waals surface area contributed by atoms with Crippen LogP contribution in [-0.4, -0.2) is 14.5 Å². The summed E-state index contributed by atoms with van der Waals surface area (Å²) in [5.74, 6) is -0.555. The Labute approximate surface area is 155 Å². The van der Waals surface area contributed by atoms with Gasteiger partial charge in [-0.1, -0.05) is 61.0 Å². The second kappa shape index (κ2) is 7.61. The summed E-state index contributed by atoms with van der Waals surface area (Å²) in [6.07, 6.45) is 0.376. The number of benzene rings is 2. The lowest BCUT2D eigenvalue weighted by Crippen LogP contribution is -2.43. The maximum Gasteiger partial charge on any atom is 0.364 e. The molecule has 1 aromatic heterocycles. The number of halogens is 1. The minimum atomic E-state index is -0.806. The van der Waals surface area contributed by atoms with E-state index in [0.29, 0.717) is 23.2 Å². The third kappa shape index (κ3) is 3.84. The van der Waals surface area contributed by atoms with E-state index in [-0.39, 0.29) is 23.0 Å². The molecule has 1 heterocycles. The third-order valence-corrected chi connectivity index (χ3v) is 4.52. The highest BCUT2D eigenvalue weighted by Gasteiger charge is 2.21. The van der Waals surface area contributed by atoms with E-state index in [9.17, 15) is 19.2 Å². The first-order valence-corrected chi connectivity index (χ1v) is 8.74. The molecular formula is C21H21FN2O3. The molecule has 0 bridgehead atoms. The van der Waals surface area contributed by atoms with Gasteiger partial charge in [0.25, 0.3) is 5.56 Å². The van der Waals surface area contributed by atoms with Crippen molar-refractivity contribution >= 4 is 0 Å². The lowest BCUT2D eigenvalue weighted by molar-refractivity contribution is 0.152. The Morgan fingerprint density at radius 2 is 1.59 bits per heavy atom. The monoisotopic (exact) mass is 368 g/mol. The maximum absolute atomic E-state index is 13.2. The van der Waals surface area contributed by atoms with Crippen molar-refractivity contribution in [2.75, 3.05) is 0 Å². The van der Waals surface area contributed by atoms with Crippen LogP contribution in [0.25, 0.3) is 0 Å². The Hall–Kier alpha value is -3.15. The van der Waals surface area contributed by atoms with E-state index in [1.54, 1.807) is 12.1 Å². The molecule has 1 N–H and O–H groups in total. The van der Waals surface area contributed by atoms with Crippen molar-refractivity contribution in [3.63, 3.8) is 0 Å². The number of nitrogens with zero attached hydrogens (tertiary/aromatic N) is 2. The molecular weight excluding hydrogens is 347 g/mol. The van der Waals surface area contributed by atoms with E-state index in [1.165, 1.54) is 16.7 Å². The van der Waals surface area contributed by atoms with Crippen molar-refractivity contribution in [3.8, 4) is 0 Å². The van der Waals surface area contributed by atoms with Gasteiger partial charge in [0.2, 0.25) is 0 Å². The molecule has 0 aliphatic rings. The number of hydrogen-bond donors (Lipinski definition) is 1. The van der Waals surface area contributed by atoms with Crippen molar-refractivity contribution in [3.05, 3.63) is 104 Å². The first kappa shape index (κ1) is 18.6. The van der Waals surface area contributed by atoms with E-state index in [2.05, 4.69) is 0 Å². The molecule has 0 aliphatic heterocycles. The molecule has 0 spiro atoms. The molecule has 0 atom stereocenters.